The summed E-state index contributed by atoms with van der Waals surface area (Å²) in [6.07, 6.45) is -0.627. The first-order valence-electron chi connectivity index (χ1n) is 5.56. The van der Waals surface area contributed by atoms with Crippen LogP contribution in [-0.4, -0.2) is 10.4 Å². The third kappa shape index (κ3) is 3.22. The Balaban J connectivity index is 3.01. The van der Waals surface area contributed by atoms with Crippen LogP contribution in [-0.2, 0) is 0 Å². The molecule has 0 fully saturated rings. The minimum atomic E-state index is -0.627. The van der Waals surface area contributed by atoms with Gasteiger partial charge in [-0.2, -0.15) is 0 Å². The average molecular weight is 242 g/mol. The summed E-state index contributed by atoms with van der Waals surface area (Å²) in [5.41, 5.74) is 0.678. The number of halogens is 1. The highest BCUT2D eigenvalue weighted by atomic mass is 32.2. The van der Waals surface area contributed by atoms with Crippen molar-refractivity contribution in [3.05, 3.63) is 29.6 Å². The fourth-order valence-corrected chi connectivity index (χ4v) is 2.50. The molecule has 0 aliphatic heterocycles. The summed E-state index contributed by atoms with van der Waals surface area (Å²) in [5, 5.41) is 9.93. The molecule has 0 amide bonds. The monoisotopic (exact) mass is 242 g/mol. The van der Waals surface area contributed by atoms with Crippen molar-refractivity contribution in [3.8, 4) is 0 Å². The Hall–Kier alpha value is -0.540. The van der Waals surface area contributed by atoms with Crippen molar-refractivity contribution in [2.45, 2.75) is 43.9 Å². The molecule has 0 bridgehead atoms. The van der Waals surface area contributed by atoms with Crippen LogP contribution in [0.15, 0.2) is 23.1 Å². The molecule has 1 nitrogen and oxygen atoms in total. The van der Waals surface area contributed by atoms with Gasteiger partial charge >= 0.3 is 0 Å². The van der Waals surface area contributed by atoms with Crippen molar-refractivity contribution >= 4 is 11.8 Å². The minimum absolute atomic E-state index is 0.240. The van der Waals surface area contributed by atoms with Gasteiger partial charge in [0, 0.05) is 10.1 Å². The quantitative estimate of drug-likeness (QED) is 0.805. The molecule has 1 aromatic rings. The van der Waals surface area contributed by atoms with Crippen LogP contribution in [0.1, 0.15) is 39.4 Å². The van der Waals surface area contributed by atoms with Gasteiger partial charge in [-0.05, 0) is 24.5 Å². The molecule has 0 saturated heterocycles. The van der Waals surface area contributed by atoms with Crippen LogP contribution in [0.3, 0.4) is 0 Å². The van der Waals surface area contributed by atoms with E-state index >= 15 is 0 Å². The maximum atomic E-state index is 13.7. The molecule has 1 rings (SSSR count). The van der Waals surface area contributed by atoms with Crippen LogP contribution in [0.2, 0.25) is 0 Å². The zero-order chi connectivity index (χ0) is 12.3. The van der Waals surface area contributed by atoms with Crippen LogP contribution in [0, 0.1) is 11.7 Å². The lowest BCUT2D eigenvalue weighted by molar-refractivity contribution is 0.195. The summed E-state index contributed by atoms with van der Waals surface area (Å²) in [6.45, 7) is 7.97. The van der Waals surface area contributed by atoms with Gasteiger partial charge in [-0.25, -0.2) is 4.39 Å². The largest absolute Gasteiger partial charge is 0.389 e. The first-order valence-corrected chi connectivity index (χ1v) is 6.44. The van der Waals surface area contributed by atoms with E-state index in [4.69, 9.17) is 0 Å². The highest BCUT2D eigenvalue weighted by Crippen LogP contribution is 2.35. The van der Waals surface area contributed by atoms with E-state index in [-0.39, 0.29) is 5.82 Å². The van der Waals surface area contributed by atoms with Gasteiger partial charge in [-0.3, -0.25) is 0 Å². The molecule has 0 heterocycles. The normalized spacial score (nSPS) is 15.2. The summed E-state index contributed by atoms with van der Waals surface area (Å²) in [5.74, 6) is 0.238. The molecular formula is C13H19FOS. The van der Waals surface area contributed by atoms with Gasteiger partial charge in [0.25, 0.3) is 0 Å². The lowest BCUT2D eigenvalue weighted by Crippen LogP contribution is -2.07. The molecule has 0 saturated carbocycles. The molecule has 0 aliphatic carbocycles. The molecular weight excluding hydrogens is 223 g/mol. The van der Waals surface area contributed by atoms with Crippen LogP contribution >= 0.6 is 11.8 Å². The van der Waals surface area contributed by atoms with E-state index in [9.17, 15) is 9.50 Å². The number of aliphatic hydroxyl groups is 1. The molecule has 0 aliphatic rings. The predicted molar refractivity (Wildman–Crippen MR) is 67.2 cm³/mol. The highest BCUT2D eigenvalue weighted by Gasteiger charge is 2.17. The smallest absolute Gasteiger partial charge is 0.137 e. The van der Waals surface area contributed by atoms with Gasteiger partial charge in [-0.1, -0.05) is 32.9 Å². The zero-order valence-corrected chi connectivity index (χ0v) is 11.0. The number of thioether (sulfide) groups is 1. The SMILES string of the molecule is CC(O)c1cccc(F)c1SC(C)C(C)C. The van der Waals surface area contributed by atoms with E-state index in [0.29, 0.717) is 21.6 Å². The van der Waals surface area contributed by atoms with Gasteiger partial charge < -0.3 is 5.11 Å². The molecule has 1 N–H and O–H groups in total. The van der Waals surface area contributed by atoms with Crippen molar-refractivity contribution in [3.63, 3.8) is 0 Å². The Kier molecular flexibility index (Phi) is 4.81. The van der Waals surface area contributed by atoms with E-state index in [1.54, 1.807) is 19.1 Å². The van der Waals surface area contributed by atoms with Crippen LogP contribution in [0.25, 0.3) is 0 Å². The molecule has 0 spiro atoms. The average Bonchev–Trinajstić information content (AvgIpc) is 2.20. The van der Waals surface area contributed by atoms with Crippen molar-refractivity contribution in [2.75, 3.05) is 0 Å². The van der Waals surface area contributed by atoms with Crippen molar-refractivity contribution in [1.29, 1.82) is 0 Å². The molecule has 16 heavy (non-hydrogen) atoms. The fraction of sp³-hybridized carbons (Fsp3) is 0.538. The van der Waals surface area contributed by atoms with E-state index in [0.717, 1.165) is 0 Å². The molecule has 2 atom stereocenters. The number of hydrogen-bond donors (Lipinski definition) is 1. The summed E-state index contributed by atoms with van der Waals surface area (Å²) in [7, 11) is 0. The number of benzene rings is 1. The summed E-state index contributed by atoms with van der Waals surface area (Å²) in [6, 6.07) is 4.87. The molecule has 2 unspecified atom stereocenters. The van der Waals surface area contributed by atoms with Gasteiger partial charge in [0.05, 0.1) is 6.10 Å². The molecule has 0 radical (unpaired) electrons. The van der Waals surface area contributed by atoms with E-state index in [1.807, 2.05) is 0 Å². The fourth-order valence-electron chi connectivity index (χ4n) is 1.30. The summed E-state index contributed by atoms with van der Waals surface area (Å²) >= 11 is 1.50. The lowest BCUT2D eigenvalue weighted by Gasteiger charge is -2.19. The Morgan fingerprint density at radius 2 is 1.81 bits per heavy atom. The van der Waals surface area contributed by atoms with Gasteiger partial charge in [0.15, 0.2) is 0 Å². The Labute approximate surface area is 101 Å². The Morgan fingerprint density at radius 3 is 2.31 bits per heavy atom. The molecule has 0 aromatic heterocycles. The number of aliphatic hydroxyl groups excluding tert-OH is 1. The van der Waals surface area contributed by atoms with Crippen molar-refractivity contribution in [1.82, 2.24) is 0 Å². The first-order chi connectivity index (χ1) is 7.43. The molecule has 1 aromatic carbocycles. The third-order valence-electron chi connectivity index (χ3n) is 2.69. The third-order valence-corrected chi connectivity index (χ3v) is 4.27. The number of hydrogen-bond acceptors (Lipinski definition) is 2. The standard InChI is InChI=1S/C13H19FOS/c1-8(2)10(4)16-13-11(9(3)15)6-5-7-12(13)14/h5-10,15H,1-4H3. The predicted octanol–water partition coefficient (Wildman–Crippen LogP) is 4.02. The van der Waals surface area contributed by atoms with Crippen LogP contribution in [0.4, 0.5) is 4.39 Å². The maximum Gasteiger partial charge on any atom is 0.137 e. The molecule has 90 valence electrons. The van der Waals surface area contributed by atoms with E-state index < -0.39 is 6.10 Å². The topological polar surface area (TPSA) is 20.2 Å². The first kappa shape index (κ1) is 13.5. The zero-order valence-electron chi connectivity index (χ0n) is 10.2. The number of rotatable bonds is 4. The maximum absolute atomic E-state index is 13.7. The van der Waals surface area contributed by atoms with E-state index in [2.05, 4.69) is 20.8 Å². The Morgan fingerprint density at radius 1 is 1.19 bits per heavy atom. The summed E-state index contributed by atoms with van der Waals surface area (Å²) < 4.78 is 13.7. The summed E-state index contributed by atoms with van der Waals surface area (Å²) in [4.78, 5) is 0.582. The minimum Gasteiger partial charge on any atom is -0.389 e. The van der Waals surface area contributed by atoms with E-state index in [1.165, 1.54) is 17.8 Å². The second-order valence-electron chi connectivity index (χ2n) is 4.40. The van der Waals surface area contributed by atoms with Gasteiger partial charge in [0.1, 0.15) is 5.82 Å². The van der Waals surface area contributed by atoms with Crippen LogP contribution in [0.5, 0.6) is 0 Å². The van der Waals surface area contributed by atoms with Crippen LogP contribution < -0.4 is 0 Å². The second-order valence-corrected chi connectivity index (χ2v) is 5.79. The van der Waals surface area contributed by atoms with Gasteiger partial charge in [-0.15, -0.1) is 11.8 Å². The van der Waals surface area contributed by atoms with Crippen molar-refractivity contribution in [2.24, 2.45) is 5.92 Å². The van der Waals surface area contributed by atoms with Crippen molar-refractivity contribution < 1.29 is 9.50 Å². The van der Waals surface area contributed by atoms with Gasteiger partial charge in [0.2, 0.25) is 0 Å². The lowest BCUT2D eigenvalue weighted by atomic mass is 10.1. The second kappa shape index (κ2) is 5.69. The molecule has 3 heteroatoms. The Bertz CT molecular complexity index is 350. The highest BCUT2D eigenvalue weighted by molar-refractivity contribution is 8.00.